The first kappa shape index (κ1) is 22.5. The highest BCUT2D eigenvalue weighted by atomic mass is 19.4. The minimum absolute atomic E-state index is 0.0100. The van der Waals surface area contributed by atoms with Crippen molar-refractivity contribution in [2.75, 3.05) is 24.9 Å². The molecule has 2 N–H and O–H groups in total. The molecule has 0 saturated carbocycles. The number of hydrogen-bond donors (Lipinski definition) is 2. The first-order valence-electron chi connectivity index (χ1n) is 10.2. The number of methoxy groups -OCH3 is 2. The van der Waals surface area contributed by atoms with E-state index in [1.165, 1.54) is 14.2 Å². The minimum Gasteiger partial charge on any atom is -0.493 e. The van der Waals surface area contributed by atoms with Crippen molar-refractivity contribution in [3.8, 4) is 11.5 Å². The molecule has 1 amide bonds. The molecule has 0 radical (unpaired) electrons. The number of carbonyl (C=O) groups excluding carboxylic acids is 1. The number of aryl methyl sites for hydroxylation is 1. The van der Waals surface area contributed by atoms with Crippen LogP contribution in [0.15, 0.2) is 48.7 Å². The number of halogens is 3. The van der Waals surface area contributed by atoms with Crippen LogP contribution < -0.4 is 20.1 Å². The molecule has 1 aliphatic rings. The average molecular weight is 460 g/mol. The second-order valence-electron chi connectivity index (χ2n) is 7.78. The fraction of sp³-hybridized carbons (Fsp3) is 0.304. The van der Waals surface area contributed by atoms with Crippen LogP contribution in [-0.4, -0.2) is 36.1 Å². The van der Waals surface area contributed by atoms with Crippen molar-refractivity contribution in [2.45, 2.75) is 31.6 Å². The molecule has 0 unspecified atom stereocenters. The molecule has 0 saturated heterocycles. The molecule has 10 heteroatoms. The molecule has 1 aromatic heterocycles. The van der Waals surface area contributed by atoms with E-state index >= 15 is 0 Å². The van der Waals surface area contributed by atoms with E-state index in [-0.39, 0.29) is 17.8 Å². The summed E-state index contributed by atoms with van der Waals surface area (Å²) in [6.45, 7) is 1.91. The topological polar surface area (TPSA) is 77.4 Å². The molecule has 0 aliphatic carbocycles. The summed E-state index contributed by atoms with van der Waals surface area (Å²) in [7, 11) is 2.95. The highest BCUT2D eigenvalue weighted by Gasteiger charge is 2.47. The molecule has 7 nitrogen and oxygen atoms in total. The number of carbonyl (C=O) groups is 1. The largest absolute Gasteiger partial charge is 0.493 e. The third kappa shape index (κ3) is 4.46. The van der Waals surface area contributed by atoms with E-state index in [4.69, 9.17) is 9.47 Å². The van der Waals surface area contributed by atoms with E-state index in [1.54, 1.807) is 30.3 Å². The lowest BCUT2D eigenvalue weighted by Crippen LogP contribution is -2.36. The lowest BCUT2D eigenvalue weighted by Gasteiger charge is -2.34. The summed E-state index contributed by atoms with van der Waals surface area (Å²) >= 11 is 0. The van der Waals surface area contributed by atoms with E-state index in [2.05, 4.69) is 15.7 Å². The Labute approximate surface area is 188 Å². The Bertz CT molecular complexity index is 1160. The smallest absolute Gasteiger partial charge is 0.410 e. The van der Waals surface area contributed by atoms with Gasteiger partial charge in [-0.3, -0.25) is 4.79 Å². The number of anilines is 2. The van der Waals surface area contributed by atoms with Gasteiger partial charge in [0.1, 0.15) is 11.4 Å². The van der Waals surface area contributed by atoms with Gasteiger partial charge < -0.3 is 20.1 Å². The molecule has 33 heavy (non-hydrogen) atoms. The van der Waals surface area contributed by atoms with E-state index in [0.29, 0.717) is 22.7 Å². The third-order valence-corrected chi connectivity index (χ3v) is 5.60. The Hall–Kier alpha value is -3.69. The van der Waals surface area contributed by atoms with Gasteiger partial charge in [0.15, 0.2) is 17.5 Å². The molecule has 0 spiro atoms. The number of hydrogen-bond acceptors (Lipinski definition) is 5. The van der Waals surface area contributed by atoms with Gasteiger partial charge in [0.2, 0.25) is 0 Å². The van der Waals surface area contributed by atoms with Crippen molar-refractivity contribution in [1.82, 2.24) is 9.78 Å². The van der Waals surface area contributed by atoms with E-state index in [9.17, 15) is 18.0 Å². The molecular formula is C23H23F3N4O3. The zero-order chi connectivity index (χ0) is 23.8. The lowest BCUT2D eigenvalue weighted by molar-refractivity contribution is -0.173. The average Bonchev–Trinajstić information content (AvgIpc) is 3.22. The van der Waals surface area contributed by atoms with Gasteiger partial charge in [-0.1, -0.05) is 29.8 Å². The van der Waals surface area contributed by atoms with Gasteiger partial charge in [-0.15, -0.1) is 0 Å². The van der Waals surface area contributed by atoms with Crippen LogP contribution in [0, 0.1) is 6.92 Å². The molecule has 174 valence electrons. The number of benzene rings is 2. The van der Waals surface area contributed by atoms with E-state index in [1.807, 2.05) is 19.1 Å². The molecule has 2 heterocycles. The Morgan fingerprint density at radius 2 is 1.82 bits per heavy atom. The summed E-state index contributed by atoms with van der Waals surface area (Å²) in [5.74, 6) is 0.310. The number of ether oxygens (including phenoxy) is 2. The number of alkyl halides is 3. The Morgan fingerprint density at radius 1 is 1.12 bits per heavy atom. The Morgan fingerprint density at radius 3 is 2.45 bits per heavy atom. The molecular weight excluding hydrogens is 437 g/mol. The summed E-state index contributed by atoms with van der Waals surface area (Å²) in [5.41, 5.74) is 2.11. The summed E-state index contributed by atoms with van der Waals surface area (Å²) in [6, 6.07) is 9.56. The van der Waals surface area contributed by atoms with Crippen LogP contribution in [0.1, 0.15) is 40.0 Å². The molecule has 3 aromatic rings. The van der Waals surface area contributed by atoms with Crippen LogP contribution in [0.3, 0.4) is 0 Å². The Balaban J connectivity index is 1.66. The summed E-state index contributed by atoms with van der Waals surface area (Å²) in [6.07, 6.45) is -3.62. The monoisotopic (exact) mass is 460 g/mol. The fourth-order valence-corrected chi connectivity index (χ4v) is 3.86. The van der Waals surface area contributed by atoms with Crippen LogP contribution >= 0.6 is 0 Å². The predicted octanol–water partition coefficient (Wildman–Crippen LogP) is 5.12. The van der Waals surface area contributed by atoms with Crippen LogP contribution in [-0.2, 0) is 0 Å². The fourth-order valence-electron chi connectivity index (χ4n) is 3.86. The summed E-state index contributed by atoms with van der Waals surface area (Å²) in [4.78, 5) is 13.0. The summed E-state index contributed by atoms with van der Waals surface area (Å²) in [5, 5.41) is 9.67. The maximum atomic E-state index is 13.9. The number of nitrogens with zero attached hydrogens (tertiary/aromatic N) is 2. The number of aromatic nitrogens is 2. The van der Waals surface area contributed by atoms with Crippen LogP contribution in [0.5, 0.6) is 11.5 Å². The van der Waals surface area contributed by atoms with Crippen molar-refractivity contribution in [1.29, 1.82) is 0 Å². The predicted molar refractivity (Wildman–Crippen MR) is 117 cm³/mol. The van der Waals surface area contributed by atoms with Crippen molar-refractivity contribution in [3.05, 3.63) is 65.4 Å². The van der Waals surface area contributed by atoms with Crippen LogP contribution in [0.2, 0.25) is 0 Å². The van der Waals surface area contributed by atoms with Gasteiger partial charge in [0.25, 0.3) is 5.91 Å². The van der Waals surface area contributed by atoms with Gasteiger partial charge in [-0.25, -0.2) is 4.68 Å². The third-order valence-electron chi connectivity index (χ3n) is 5.60. The van der Waals surface area contributed by atoms with Crippen molar-refractivity contribution >= 4 is 17.4 Å². The van der Waals surface area contributed by atoms with E-state index in [0.717, 1.165) is 16.4 Å². The standard InChI is InChI=1S/C23H23F3N4O3/c1-13-4-6-14(7-5-13)17-11-20(23(24,25)26)30-21(29-17)16(12-27-30)22(31)28-15-8-9-18(32-2)19(10-15)33-3/h4-10,12,17,20,29H,11H2,1-3H3,(H,28,31)/t17-,20-/m0/s1. The highest BCUT2D eigenvalue weighted by Crippen LogP contribution is 2.44. The van der Waals surface area contributed by atoms with Gasteiger partial charge in [-0.05, 0) is 24.6 Å². The van der Waals surface area contributed by atoms with Gasteiger partial charge >= 0.3 is 6.18 Å². The van der Waals surface area contributed by atoms with Crippen molar-refractivity contribution < 1.29 is 27.4 Å². The lowest BCUT2D eigenvalue weighted by atomic mass is 9.96. The second-order valence-corrected chi connectivity index (χ2v) is 7.78. The number of fused-ring (bicyclic) bond motifs is 1. The zero-order valence-electron chi connectivity index (χ0n) is 18.2. The molecule has 0 bridgehead atoms. The molecule has 2 aromatic carbocycles. The molecule has 2 atom stereocenters. The first-order valence-corrected chi connectivity index (χ1v) is 10.2. The van der Waals surface area contributed by atoms with Gasteiger partial charge in [0, 0.05) is 18.2 Å². The number of amides is 1. The maximum Gasteiger partial charge on any atom is 0.410 e. The normalized spacial score (nSPS) is 17.6. The SMILES string of the molecule is COc1ccc(NC(=O)c2cnn3c2N[C@H](c2ccc(C)cc2)C[C@H]3C(F)(F)F)cc1OC. The number of rotatable bonds is 5. The molecule has 1 aliphatic heterocycles. The number of nitrogens with one attached hydrogen (secondary N) is 2. The van der Waals surface area contributed by atoms with Gasteiger partial charge in [-0.2, -0.15) is 18.3 Å². The van der Waals surface area contributed by atoms with Crippen molar-refractivity contribution in [3.63, 3.8) is 0 Å². The summed E-state index contributed by atoms with van der Waals surface area (Å²) < 4.78 is 52.9. The molecule has 0 fully saturated rings. The van der Waals surface area contributed by atoms with Crippen molar-refractivity contribution in [2.24, 2.45) is 0 Å². The van der Waals surface area contributed by atoms with E-state index < -0.39 is 24.2 Å². The Kier molecular flexibility index (Phi) is 5.92. The first-order chi connectivity index (χ1) is 15.7. The van der Waals surface area contributed by atoms with Gasteiger partial charge in [0.05, 0.1) is 26.5 Å². The minimum atomic E-state index is -4.52. The van der Waals surface area contributed by atoms with Crippen LogP contribution in [0.4, 0.5) is 24.7 Å². The highest BCUT2D eigenvalue weighted by molar-refractivity contribution is 6.07. The quantitative estimate of drug-likeness (QED) is 0.553. The van der Waals surface area contributed by atoms with Crippen LogP contribution in [0.25, 0.3) is 0 Å². The maximum absolute atomic E-state index is 13.9. The zero-order valence-corrected chi connectivity index (χ0v) is 18.2. The second kappa shape index (κ2) is 8.68. The molecule has 4 rings (SSSR count).